The summed E-state index contributed by atoms with van der Waals surface area (Å²) in [4.78, 5) is 10.7. The molecule has 0 fully saturated rings. The highest BCUT2D eigenvalue weighted by molar-refractivity contribution is 6.32. The van der Waals surface area contributed by atoms with E-state index in [1.54, 1.807) is 12.1 Å². The van der Waals surface area contributed by atoms with Crippen molar-refractivity contribution in [2.45, 2.75) is 26.2 Å². The lowest BCUT2D eigenvalue weighted by Crippen LogP contribution is -1.93. The van der Waals surface area contributed by atoms with Crippen LogP contribution in [0.1, 0.15) is 31.7 Å². The molecule has 4 heteroatoms. The van der Waals surface area contributed by atoms with Crippen LogP contribution >= 0.6 is 11.6 Å². The molecule has 0 atom stereocenters. The van der Waals surface area contributed by atoms with E-state index in [-0.39, 0.29) is 10.8 Å². The fourth-order valence-corrected chi connectivity index (χ4v) is 1.70. The molecule has 0 bridgehead atoms. The van der Waals surface area contributed by atoms with Crippen molar-refractivity contribution in [2.75, 3.05) is 0 Å². The molecule has 0 aliphatic rings. The number of hydrogen-bond donors (Lipinski definition) is 2. The van der Waals surface area contributed by atoms with E-state index in [2.05, 4.69) is 0 Å². The predicted octanol–water partition coefficient (Wildman–Crippen LogP) is 3.70. The number of phenols is 1. The van der Waals surface area contributed by atoms with Crippen LogP contribution in [0.3, 0.4) is 0 Å². The van der Waals surface area contributed by atoms with Gasteiger partial charge in [-0.25, -0.2) is 4.79 Å². The van der Waals surface area contributed by atoms with Gasteiger partial charge in [-0.3, -0.25) is 0 Å². The molecular weight excluding hydrogens is 240 g/mol. The summed E-state index contributed by atoms with van der Waals surface area (Å²) in [5.41, 5.74) is 1.46. The lowest BCUT2D eigenvalue weighted by Gasteiger charge is -2.07. The molecule has 0 unspecified atom stereocenters. The van der Waals surface area contributed by atoms with Gasteiger partial charge in [-0.2, -0.15) is 0 Å². The van der Waals surface area contributed by atoms with E-state index in [4.69, 9.17) is 16.7 Å². The van der Waals surface area contributed by atoms with Crippen molar-refractivity contribution in [3.63, 3.8) is 0 Å². The number of benzene rings is 1. The first-order valence-electron chi connectivity index (χ1n) is 5.47. The van der Waals surface area contributed by atoms with Gasteiger partial charge in [0.15, 0.2) is 0 Å². The standard InChI is InChI=1S/C13H15ClO3/c1-2-3-4-9(8-13(16)17)10-5-6-12(15)11(14)7-10/h5-8,15H,2-4H2,1H3,(H,16,17)/b9-8+. The third-order valence-corrected chi connectivity index (χ3v) is 2.72. The van der Waals surface area contributed by atoms with E-state index >= 15 is 0 Å². The normalized spacial score (nSPS) is 11.5. The zero-order valence-corrected chi connectivity index (χ0v) is 10.4. The molecule has 1 aromatic rings. The Morgan fingerprint density at radius 2 is 2.18 bits per heavy atom. The first-order chi connectivity index (χ1) is 8.04. The zero-order chi connectivity index (χ0) is 12.8. The lowest BCUT2D eigenvalue weighted by molar-refractivity contribution is -0.131. The SMILES string of the molecule is CCCC/C(=C\C(=O)O)c1ccc(O)c(Cl)c1. The number of allylic oxidation sites excluding steroid dienone is 1. The Morgan fingerprint density at radius 1 is 1.47 bits per heavy atom. The van der Waals surface area contributed by atoms with Crippen LogP contribution in [0.25, 0.3) is 5.57 Å². The van der Waals surface area contributed by atoms with E-state index in [0.717, 1.165) is 24.0 Å². The summed E-state index contributed by atoms with van der Waals surface area (Å²) in [5, 5.41) is 18.4. The van der Waals surface area contributed by atoms with Gasteiger partial charge in [0.25, 0.3) is 0 Å². The number of hydrogen-bond acceptors (Lipinski definition) is 2. The van der Waals surface area contributed by atoms with Gasteiger partial charge in [0.2, 0.25) is 0 Å². The summed E-state index contributed by atoms with van der Waals surface area (Å²) >= 11 is 5.80. The summed E-state index contributed by atoms with van der Waals surface area (Å²) in [6, 6.07) is 4.73. The minimum absolute atomic E-state index is 0.000540. The molecule has 2 N–H and O–H groups in total. The molecule has 0 spiro atoms. The van der Waals surface area contributed by atoms with Gasteiger partial charge in [0.1, 0.15) is 5.75 Å². The number of phenolic OH excluding ortho intramolecular Hbond substituents is 1. The fourth-order valence-electron chi connectivity index (χ4n) is 1.52. The first kappa shape index (κ1) is 13.6. The van der Waals surface area contributed by atoms with E-state index in [9.17, 15) is 9.90 Å². The number of unbranched alkanes of at least 4 members (excludes halogenated alkanes) is 1. The largest absolute Gasteiger partial charge is 0.506 e. The van der Waals surface area contributed by atoms with Crippen LogP contribution < -0.4 is 0 Å². The third kappa shape index (κ3) is 4.11. The highest BCUT2D eigenvalue weighted by Gasteiger charge is 2.07. The molecule has 0 amide bonds. The van der Waals surface area contributed by atoms with E-state index in [1.807, 2.05) is 6.92 Å². The molecule has 1 rings (SSSR count). The Balaban J connectivity index is 3.04. The molecule has 92 valence electrons. The summed E-state index contributed by atoms with van der Waals surface area (Å²) in [5.74, 6) is -0.971. The second-order valence-corrected chi connectivity index (χ2v) is 4.18. The van der Waals surface area contributed by atoms with Gasteiger partial charge in [-0.15, -0.1) is 0 Å². The number of carboxylic acids is 1. The summed E-state index contributed by atoms with van der Waals surface area (Å²) in [6.07, 6.45) is 3.78. The average Bonchev–Trinajstić information content (AvgIpc) is 2.27. The Labute approximate surface area is 105 Å². The molecule has 0 radical (unpaired) electrons. The number of carboxylic acid groups (broad SMARTS) is 1. The molecular formula is C13H15ClO3. The van der Waals surface area contributed by atoms with Gasteiger partial charge < -0.3 is 10.2 Å². The van der Waals surface area contributed by atoms with E-state index < -0.39 is 5.97 Å². The van der Waals surface area contributed by atoms with Gasteiger partial charge in [-0.1, -0.05) is 31.0 Å². The fraction of sp³-hybridized carbons (Fsp3) is 0.308. The zero-order valence-electron chi connectivity index (χ0n) is 9.61. The molecule has 17 heavy (non-hydrogen) atoms. The number of halogens is 1. The van der Waals surface area contributed by atoms with Crippen LogP contribution in [0.15, 0.2) is 24.3 Å². The third-order valence-electron chi connectivity index (χ3n) is 2.42. The van der Waals surface area contributed by atoms with Crippen LogP contribution in [-0.2, 0) is 4.79 Å². The van der Waals surface area contributed by atoms with Crippen molar-refractivity contribution in [3.05, 3.63) is 34.9 Å². The molecule has 0 aliphatic heterocycles. The average molecular weight is 255 g/mol. The van der Waals surface area contributed by atoms with Crippen molar-refractivity contribution in [1.29, 1.82) is 0 Å². The number of aliphatic carboxylic acids is 1. The summed E-state index contributed by atoms with van der Waals surface area (Å²) in [6.45, 7) is 2.04. The van der Waals surface area contributed by atoms with Crippen molar-refractivity contribution >= 4 is 23.1 Å². The van der Waals surface area contributed by atoms with Crippen LogP contribution in [0, 0.1) is 0 Å². The number of rotatable bonds is 5. The maximum absolute atomic E-state index is 10.7. The van der Waals surface area contributed by atoms with Crippen molar-refractivity contribution in [2.24, 2.45) is 0 Å². The Kier molecular flexibility index (Phi) is 5.04. The van der Waals surface area contributed by atoms with Crippen LogP contribution in [-0.4, -0.2) is 16.2 Å². The highest BCUT2D eigenvalue weighted by Crippen LogP contribution is 2.29. The highest BCUT2D eigenvalue weighted by atomic mass is 35.5. The summed E-state index contributed by atoms with van der Waals surface area (Å²) < 4.78 is 0. The molecule has 3 nitrogen and oxygen atoms in total. The van der Waals surface area contributed by atoms with Crippen LogP contribution in [0.2, 0.25) is 5.02 Å². The van der Waals surface area contributed by atoms with Gasteiger partial charge in [0, 0.05) is 6.08 Å². The predicted molar refractivity (Wildman–Crippen MR) is 68.3 cm³/mol. The molecule has 0 saturated heterocycles. The maximum atomic E-state index is 10.7. The molecule has 0 heterocycles. The Morgan fingerprint density at radius 3 is 2.71 bits per heavy atom. The molecule has 1 aromatic carbocycles. The Hall–Kier alpha value is -1.48. The van der Waals surface area contributed by atoms with E-state index in [1.165, 1.54) is 12.1 Å². The minimum Gasteiger partial charge on any atom is -0.506 e. The van der Waals surface area contributed by atoms with Crippen molar-refractivity contribution in [1.82, 2.24) is 0 Å². The van der Waals surface area contributed by atoms with Gasteiger partial charge >= 0.3 is 5.97 Å². The van der Waals surface area contributed by atoms with Crippen LogP contribution in [0.5, 0.6) is 5.75 Å². The van der Waals surface area contributed by atoms with Gasteiger partial charge in [0.05, 0.1) is 5.02 Å². The summed E-state index contributed by atoms with van der Waals surface area (Å²) in [7, 11) is 0. The van der Waals surface area contributed by atoms with E-state index in [0.29, 0.717) is 6.42 Å². The quantitative estimate of drug-likeness (QED) is 0.788. The maximum Gasteiger partial charge on any atom is 0.328 e. The second-order valence-electron chi connectivity index (χ2n) is 3.78. The van der Waals surface area contributed by atoms with Crippen LogP contribution in [0.4, 0.5) is 0 Å². The second kappa shape index (κ2) is 6.30. The van der Waals surface area contributed by atoms with Crippen molar-refractivity contribution < 1.29 is 15.0 Å². The topological polar surface area (TPSA) is 57.5 Å². The molecule has 0 aromatic heterocycles. The monoisotopic (exact) mass is 254 g/mol. The van der Waals surface area contributed by atoms with Gasteiger partial charge in [-0.05, 0) is 36.1 Å². The minimum atomic E-state index is -0.972. The van der Waals surface area contributed by atoms with Crippen molar-refractivity contribution in [3.8, 4) is 5.75 Å². The lowest BCUT2D eigenvalue weighted by atomic mass is 10.00. The number of aromatic hydroxyl groups is 1. The molecule has 0 aliphatic carbocycles. The smallest absolute Gasteiger partial charge is 0.328 e. The number of carbonyl (C=O) groups is 1. The Bertz CT molecular complexity index is 438. The molecule has 0 saturated carbocycles. The first-order valence-corrected chi connectivity index (χ1v) is 5.84.